The van der Waals surface area contributed by atoms with E-state index < -0.39 is 0 Å². The monoisotopic (exact) mass is 398 g/mol. The van der Waals surface area contributed by atoms with Crippen LogP contribution in [0.5, 0.6) is 0 Å². The predicted molar refractivity (Wildman–Crippen MR) is 84.7 cm³/mol. The van der Waals surface area contributed by atoms with Crippen molar-refractivity contribution in [2.45, 2.75) is 0 Å². The van der Waals surface area contributed by atoms with Crippen LogP contribution in [0.1, 0.15) is 0 Å². The molecule has 0 saturated carbocycles. The molecule has 25 heavy (non-hydrogen) atoms. The van der Waals surface area contributed by atoms with E-state index in [4.69, 9.17) is 0 Å². The van der Waals surface area contributed by atoms with E-state index in [0.717, 1.165) is 17.1 Å². The molecule has 0 spiro atoms. The van der Waals surface area contributed by atoms with E-state index in [1.165, 1.54) is 0 Å². The van der Waals surface area contributed by atoms with Gasteiger partial charge in [0, 0.05) is 36.4 Å². The Morgan fingerprint density at radius 1 is 0.480 bits per heavy atom. The highest BCUT2D eigenvalue weighted by molar-refractivity contribution is 5.74. The first-order chi connectivity index (χ1) is 10.6. The van der Waals surface area contributed by atoms with Crippen molar-refractivity contribution in [3.63, 3.8) is 0 Å². The van der Waals surface area contributed by atoms with Crippen LogP contribution in [0.25, 0.3) is 0 Å². The number of rotatable bonds is 3. The van der Waals surface area contributed by atoms with Gasteiger partial charge in [-0.05, 0) is 0 Å². The quantitative estimate of drug-likeness (QED) is 0.400. The largest absolute Gasteiger partial charge is 1.00 e. The Morgan fingerprint density at radius 3 is 0.880 bits per heavy atom. The van der Waals surface area contributed by atoms with Gasteiger partial charge in [0.05, 0.1) is 17.1 Å². The van der Waals surface area contributed by atoms with Gasteiger partial charge in [0.25, 0.3) is 0 Å². The third-order valence-corrected chi connectivity index (χ3v) is 3.66. The lowest BCUT2D eigenvalue weighted by molar-refractivity contribution is -0.671. The van der Waals surface area contributed by atoms with E-state index in [-0.39, 0.29) is 37.2 Å². The van der Waals surface area contributed by atoms with Crippen molar-refractivity contribution in [1.82, 2.24) is 0 Å². The lowest BCUT2D eigenvalue weighted by Crippen LogP contribution is -3.00. The SMILES string of the molecule is C[n+]1ccc(N(c2cc[n+](C)cc2)c2cc[n+](C)cc2)cc1.[Cl-].[Cl-].[Cl-]. The summed E-state index contributed by atoms with van der Waals surface area (Å²) < 4.78 is 6.12. The number of aromatic nitrogens is 3. The van der Waals surface area contributed by atoms with Gasteiger partial charge in [-0.2, -0.15) is 0 Å². The van der Waals surface area contributed by atoms with Gasteiger partial charge < -0.3 is 42.1 Å². The summed E-state index contributed by atoms with van der Waals surface area (Å²) in [5.41, 5.74) is 3.42. The summed E-state index contributed by atoms with van der Waals surface area (Å²) in [5.74, 6) is 0. The first-order valence-corrected chi connectivity index (χ1v) is 7.29. The van der Waals surface area contributed by atoms with Crippen LogP contribution in [-0.4, -0.2) is 0 Å². The Bertz CT molecular complexity index is 652. The second-order valence-electron chi connectivity index (χ2n) is 5.50. The zero-order valence-electron chi connectivity index (χ0n) is 14.4. The molecule has 0 fully saturated rings. The van der Waals surface area contributed by atoms with Crippen molar-refractivity contribution < 1.29 is 50.9 Å². The molecule has 0 aliphatic carbocycles. The lowest BCUT2D eigenvalue weighted by Gasteiger charge is -2.23. The minimum Gasteiger partial charge on any atom is -1.00 e. The Hall–Kier alpha value is -1.88. The van der Waals surface area contributed by atoms with Crippen molar-refractivity contribution in [2.75, 3.05) is 4.90 Å². The van der Waals surface area contributed by atoms with Gasteiger partial charge in [-0.3, -0.25) is 0 Å². The fraction of sp³-hybridized carbons (Fsp3) is 0.167. The lowest BCUT2D eigenvalue weighted by atomic mass is 10.2. The van der Waals surface area contributed by atoms with Crippen LogP contribution in [0.4, 0.5) is 17.1 Å². The molecular weight excluding hydrogens is 379 g/mol. The maximum Gasteiger partial charge on any atom is 0.170 e. The molecule has 3 heterocycles. The van der Waals surface area contributed by atoms with Gasteiger partial charge >= 0.3 is 0 Å². The molecule has 0 aliphatic heterocycles. The van der Waals surface area contributed by atoms with Crippen LogP contribution < -0.4 is 55.8 Å². The minimum atomic E-state index is 0. The number of hydrogen-bond acceptors (Lipinski definition) is 1. The van der Waals surface area contributed by atoms with Gasteiger partial charge in [0.2, 0.25) is 0 Å². The normalized spacial score (nSPS) is 9.24. The zero-order chi connectivity index (χ0) is 15.5. The van der Waals surface area contributed by atoms with Crippen molar-refractivity contribution >= 4 is 17.1 Å². The number of nitrogens with zero attached hydrogens (tertiary/aromatic N) is 4. The number of hydrogen-bond donors (Lipinski definition) is 0. The van der Waals surface area contributed by atoms with Crippen LogP contribution in [-0.2, 0) is 21.1 Å². The van der Waals surface area contributed by atoms with Crippen LogP contribution in [0.2, 0.25) is 0 Å². The number of halogens is 3. The van der Waals surface area contributed by atoms with E-state index >= 15 is 0 Å². The third-order valence-electron chi connectivity index (χ3n) is 3.66. The number of anilines is 3. The van der Waals surface area contributed by atoms with Crippen LogP contribution in [0.3, 0.4) is 0 Å². The Labute approximate surface area is 167 Å². The summed E-state index contributed by atoms with van der Waals surface area (Å²) in [7, 11) is 6.08. The van der Waals surface area contributed by atoms with Gasteiger partial charge in [0.15, 0.2) is 37.2 Å². The molecule has 0 saturated heterocycles. The van der Waals surface area contributed by atoms with E-state index in [1.807, 2.05) is 34.8 Å². The van der Waals surface area contributed by atoms with Crippen molar-refractivity contribution in [1.29, 1.82) is 0 Å². The van der Waals surface area contributed by atoms with Crippen molar-refractivity contribution in [3.8, 4) is 0 Å². The van der Waals surface area contributed by atoms with Gasteiger partial charge in [0.1, 0.15) is 21.1 Å². The maximum absolute atomic E-state index is 2.25. The van der Waals surface area contributed by atoms with E-state index in [0.29, 0.717) is 0 Å². The average molecular weight is 400 g/mol. The summed E-state index contributed by atoms with van der Waals surface area (Å²) in [6.07, 6.45) is 12.4. The number of pyridine rings is 3. The molecule has 3 rings (SSSR count). The van der Waals surface area contributed by atoms with Crippen molar-refractivity contribution in [2.24, 2.45) is 21.1 Å². The van der Waals surface area contributed by atoms with E-state index in [2.05, 4.69) is 78.5 Å². The topological polar surface area (TPSA) is 14.9 Å². The molecule has 3 aromatic heterocycles. The third kappa shape index (κ3) is 5.56. The van der Waals surface area contributed by atoms with Crippen molar-refractivity contribution in [3.05, 3.63) is 73.6 Å². The molecule has 0 N–H and O–H groups in total. The maximum atomic E-state index is 2.25. The molecule has 0 bridgehead atoms. The summed E-state index contributed by atoms with van der Waals surface area (Å²) in [5, 5.41) is 0. The summed E-state index contributed by atoms with van der Waals surface area (Å²) >= 11 is 0. The average Bonchev–Trinajstić information content (AvgIpc) is 2.53. The first-order valence-electron chi connectivity index (χ1n) is 7.29. The molecule has 0 unspecified atom stereocenters. The standard InChI is InChI=1S/C18H21N4.3ClH/c1-19-10-4-16(5-11-19)22(17-6-12-20(2)13-7-17)18-8-14-21(3)15-9-18;;;/h4-15H,1-3H3;3*1H/q+3;;;/p-3. The highest BCUT2D eigenvalue weighted by Crippen LogP contribution is 2.32. The summed E-state index contributed by atoms with van der Waals surface area (Å²) in [6.45, 7) is 0. The fourth-order valence-electron chi connectivity index (χ4n) is 2.37. The highest BCUT2D eigenvalue weighted by atomic mass is 35.5. The molecule has 0 radical (unpaired) electrons. The van der Waals surface area contributed by atoms with Crippen LogP contribution in [0.15, 0.2) is 73.6 Å². The predicted octanol–water partition coefficient (Wildman–Crippen LogP) is -7.36. The van der Waals surface area contributed by atoms with Crippen LogP contribution >= 0.6 is 0 Å². The van der Waals surface area contributed by atoms with Crippen LogP contribution in [0, 0.1) is 0 Å². The highest BCUT2D eigenvalue weighted by Gasteiger charge is 2.15. The fourth-order valence-corrected chi connectivity index (χ4v) is 2.37. The Morgan fingerprint density at radius 2 is 0.680 bits per heavy atom. The number of aryl methyl sites for hydroxylation is 3. The molecular formula is C18H21Cl3N4. The second-order valence-corrected chi connectivity index (χ2v) is 5.50. The molecule has 0 amide bonds. The van der Waals surface area contributed by atoms with E-state index in [9.17, 15) is 0 Å². The molecule has 134 valence electrons. The summed E-state index contributed by atoms with van der Waals surface area (Å²) in [6, 6.07) is 12.8. The molecule has 4 nitrogen and oxygen atoms in total. The van der Waals surface area contributed by atoms with Gasteiger partial charge in [-0.1, -0.05) is 0 Å². The molecule has 7 heteroatoms. The molecule has 0 aromatic carbocycles. The molecule has 0 atom stereocenters. The molecule has 3 aromatic rings. The summed E-state index contributed by atoms with van der Waals surface area (Å²) in [4.78, 5) is 2.25. The molecule has 0 aliphatic rings. The smallest absolute Gasteiger partial charge is 0.170 e. The zero-order valence-corrected chi connectivity index (χ0v) is 16.6. The Kier molecular flexibility index (Phi) is 9.42. The van der Waals surface area contributed by atoms with E-state index in [1.54, 1.807) is 0 Å². The van der Waals surface area contributed by atoms with Gasteiger partial charge in [-0.25, -0.2) is 13.7 Å². The first kappa shape index (κ1) is 23.1. The Balaban J connectivity index is 0.00000192. The van der Waals surface area contributed by atoms with Gasteiger partial charge in [-0.15, -0.1) is 0 Å². The minimum absolute atomic E-state index is 0. The second kappa shape index (κ2) is 10.2.